The summed E-state index contributed by atoms with van der Waals surface area (Å²) in [5.74, 6) is 0.851. The summed E-state index contributed by atoms with van der Waals surface area (Å²) < 4.78 is 0. The summed E-state index contributed by atoms with van der Waals surface area (Å²) in [6.45, 7) is 9.09. The van der Waals surface area contributed by atoms with Crippen LogP contribution in [0.2, 0.25) is 0 Å². The van der Waals surface area contributed by atoms with Gasteiger partial charge in [0.1, 0.15) is 0 Å². The van der Waals surface area contributed by atoms with Crippen LogP contribution in [0, 0.1) is 5.92 Å². The molecule has 1 fully saturated rings. The van der Waals surface area contributed by atoms with Crippen molar-refractivity contribution in [2.75, 3.05) is 13.1 Å². The molecule has 0 aromatic carbocycles. The largest absolute Gasteiger partial charge is 0.327 e. The van der Waals surface area contributed by atoms with Crippen LogP contribution in [0.1, 0.15) is 40.0 Å². The molecule has 2 N–H and O–H groups in total. The van der Waals surface area contributed by atoms with Gasteiger partial charge in [0.2, 0.25) is 0 Å². The van der Waals surface area contributed by atoms with E-state index in [2.05, 4.69) is 25.7 Å². The highest BCUT2D eigenvalue weighted by molar-refractivity contribution is 4.76. The normalized spacial score (nSPS) is 34.2. The molecular formula is C11H24N2. The molecule has 2 nitrogen and oxygen atoms in total. The summed E-state index contributed by atoms with van der Waals surface area (Å²) >= 11 is 0. The lowest BCUT2D eigenvalue weighted by Gasteiger charge is -2.29. The van der Waals surface area contributed by atoms with Crippen LogP contribution in [0.4, 0.5) is 0 Å². The molecule has 3 unspecified atom stereocenters. The fourth-order valence-electron chi connectivity index (χ4n) is 2.24. The van der Waals surface area contributed by atoms with Gasteiger partial charge >= 0.3 is 0 Å². The average molecular weight is 184 g/mol. The van der Waals surface area contributed by atoms with Gasteiger partial charge in [-0.3, -0.25) is 4.90 Å². The molecule has 13 heavy (non-hydrogen) atoms. The highest BCUT2D eigenvalue weighted by Crippen LogP contribution is 2.20. The molecule has 1 aliphatic rings. The summed E-state index contributed by atoms with van der Waals surface area (Å²) in [7, 11) is 0. The van der Waals surface area contributed by atoms with E-state index in [9.17, 15) is 0 Å². The molecule has 3 atom stereocenters. The Morgan fingerprint density at radius 1 is 1.38 bits per heavy atom. The monoisotopic (exact) mass is 184 g/mol. The summed E-state index contributed by atoms with van der Waals surface area (Å²) in [6.07, 6.45) is 4.12. The maximum Gasteiger partial charge on any atom is 0.0139 e. The fraction of sp³-hybridized carbons (Fsp3) is 1.00. The summed E-state index contributed by atoms with van der Waals surface area (Å²) in [4.78, 5) is 2.56. The van der Waals surface area contributed by atoms with Crippen molar-refractivity contribution in [2.45, 2.75) is 52.1 Å². The summed E-state index contributed by atoms with van der Waals surface area (Å²) in [5.41, 5.74) is 5.84. The molecule has 1 saturated heterocycles. The number of hydrogen-bond donors (Lipinski definition) is 1. The maximum atomic E-state index is 5.84. The molecule has 0 radical (unpaired) electrons. The smallest absolute Gasteiger partial charge is 0.0139 e. The van der Waals surface area contributed by atoms with Crippen LogP contribution in [0.5, 0.6) is 0 Å². The van der Waals surface area contributed by atoms with Crippen LogP contribution in [-0.2, 0) is 0 Å². The minimum atomic E-state index is 0.313. The third kappa shape index (κ3) is 3.65. The van der Waals surface area contributed by atoms with Gasteiger partial charge in [0.25, 0.3) is 0 Å². The van der Waals surface area contributed by atoms with Gasteiger partial charge in [-0.2, -0.15) is 0 Å². The van der Waals surface area contributed by atoms with Crippen molar-refractivity contribution >= 4 is 0 Å². The zero-order valence-corrected chi connectivity index (χ0v) is 9.29. The molecular weight excluding hydrogens is 160 g/mol. The molecule has 0 aromatic heterocycles. The van der Waals surface area contributed by atoms with Crippen molar-refractivity contribution in [1.29, 1.82) is 0 Å². The molecule has 0 aromatic rings. The predicted molar refractivity (Wildman–Crippen MR) is 57.7 cm³/mol. The van der Waals surface area contributed by atoms with E-state index in [0.717, 1.165) is 18.5 Å². The van der Waals surface area contributed by atoms with Crippen LogP contribution in [0.3, 0.4) is 0 Å². The Labute approximate surface area is 82.5 Å². The standard InChI is InChI=1S/C11H24N2/c1-9-5-4-6-11(3)13(7-9)8-10(2)12/h9-11H,4-8,12H2,1-3H3. The Kier molecular flexibility index (Phi) is 4.20. The first-order valence-corrected chi connectivity index (χ1v) is 5.59. The third-order valence-electron chi connectivity index (χ3n) is 3.01. The van der Waals surface area contributed by atoms with Crippen molar-refractivity contribution in [1.82, 2.24) is 4.90 Å². The number of hydrogen-bond acceptors (Lipinski definition) is 2. The van der Waals surface area contributed by atoms with Crippen LogP contribution in [-0.4, -0.2) is 30.1 Å². The minimum absolute atomic E-state index is 0.313. The lowest BCUT2D eigenvalue weighted by molar-refractivity contribution is 0.186. The van der Waals surface area contributed by atoms with Gasteiger partial charge in [-0.05, 0) is 32.6 Å². The van der Waals surface area contributed by atoms with Crippen molar-refractivity contribution in [2.24, 2.45) is 11.7 Å². The molecule has 1 heterocycles. The van der Waals surface area contributed by atoms with Gasteiger partial charge < -0.3 is 5.73 Å². The van der Waals surface area contributed by atoms with Crippen molar-refractivity contribution in [3.05, 3.63) is 0 Å². The Balaban J connectivity index is 2.46. The van der Waals surface area contributed by atoms with Gasteiger partial charge in [0.15, 0.2) is 0 Å². The molecule has 78 valence electrons. The van der Waals surface area contributed by atoms with E-state index >= 15 is 0 Å². The second-order valence-corrected chi connectivity index (χ2v) is 4.82. The molecule has 1 aliphatic heterocycles. The molecule has 0 aliphatic carbocycles. The van der Waals surface area contributed by atoms with E-state index in [4.69, 9.17) is 5.73 Å². The Bertz CT molecular complexity index is 145. The number of likely N-dealkylation sites (tertiary alicyclic amines) is 1. The predicted octanol–water partition coefficient (Wildman–Crippen LogP) is 1.84. The van der Waals surface area contributed by atoms with Gasteiger partial charge in [-0.15, -0.1) is 0 Å². The molecule has 0 bridgehead atoms. The van der Waals surface area contributed by atoms with Gasteiger partial charge in [0, 0.05) is 25.2 Å². The van der Waals surface area contributed by atoms with Gasteiger partial charge in [-0.1, -0.05) is 13.3 Å². The fourth-order valence-corrected chi connectivity index (χ4v) is 2.24. The highest BCUT2D eigenvalue weighted by atomic mass is 15.2. The zero-order valence-electron chi connectivity index (χ0n) is 9.29. The Hall–Kier alpha value is -0.0800. The van der Waals surface area contributed by atoms with Gasteiger partial charge in [0.05, 0.1) is 0 Å². The molecule has 0 saturated carbocycles. The van der Waals surface area contributed by atoms with Crippen molar-refractivity contribution in [3.63, 3.8) is 0 Å². The molecule has 1 rings (SSSR count). The first-order chi connectivity index (χ1) is 6.09. The summed E-state index contributed by atoms with van der Waals surface area (Å²) in [5, 5.41) is 0. The number of rotatable bonds is 2. The first kappa shape index (κ1) is 11.0. The topological polar surface area (TPSA) is 29.3 Å². The minimum Gasteiger partial charge on any atom is -0.327 e. The van der Waals surface area contributed by atoms with E-state index in [1.807, 2.05) is 0 Å². The molecule has 2 heteroatoms. The number of nitrogens with zero attached hydrogens (tertiary/aromatic N) is 1. The van der Waals surface area contributed by atoms with E-state index in [1.54, 1.807) is 0 Å². The maximum absolute atomic E-state index is 5.84. The van der Waals surface area contributed by atoms with Crippen LogP contribution >= 0.6 is 0 Å². The van der Waals surface area contributed by atoms with Crippen molar-refractivity contribution in [3.8, 4) is 0 Å². The van der Waals surface area contributed by atoms with E-state index in [0.29, 0.717) is 6.04 Å². The highest BCUT2D eigenvalue weighted by Gasteiger charge is 2.20. The molecule has 0 amide bonds. The van der Waals surface area contributed by atoms with Crippen LogP contribution in [0.25, 0.3) is 0 Å². The van der Waals surface area contributed by atoms with E-state index in [1.165, 1.54) is 25.8 Å². The summed E-state index contributed by atoms with van der Waals surface area (Å²) in [6, 6.07) is 1.05. The second kappa shape index (κ2) is 4.97. The van der Waals surface area contributed by atoms with Crippen molar-refractivity contribution < 1.29 is 0 Å². The van der Waals surface area contributed by atoms with E-state index < -0.39 is 0 Å². The first-order valence-electron chi connectivity index (χ1n) is 5.59. The lowest BCUT2D eigenvalue weighted by Crippen LogP contribution is -2.42. The zero-order chi connectivity index (χ0) is 9.84. The van der Waals surface area contributed by atoms with Gasteiger partial charge in [-0.25, -0.2) is 0 Å². The Morgan fingerprint density at radius 3 is 2.69 bits per heavy atom. The van der Waals surface area contributed by atoms with Crippen LogP contribution in [0.15, 0.2) is 0 Å². The van der Waals surface area contributed by atoms with Crippen LogP contribution < -0.4 is 5.73 Å². The second-order valence-electron chi connectivity index (χ2n) is 4.82. The number of nitrogens with two attached hydrogens (primary N) is 1. The quantitative estimate of drug-likeness (QED) is 0.709. The third-order valence-corrected chi connectivity index (χ3v) is 3.01. The molecule has 0 spiro atoms. The van der Waals surface area contributed by atoms with E-state index in [-0.39, 0.29) is 0 Å². The average Bonchev–Trinajstić information content (AvgIpc) is 2.14. The SMILES string of the molecule is CC(N)CN1CC(C)CCCC1C. The lowest BCUT2D eigenvalue weighted by atomic mass is 10.1. The Morgan fingerprint density at radius 2 is 2.08 bits per heavy atom.